The smallest absolute Gasteiger partial charge is 0.0935 e. The van der Waals surface area contributed by atoms with Crippen molar-refractivity contribution in [2.75, 3.05) is 5.43 Å². The van der Waals surface area contributed by atoms with Gasteiger partial charge in [-0.3, -0.25) is 5.43 Å². The van der Waals surface area contributed by atoms with E-state index >= 15 is 0 Å². The summed E-state index contributed by atoms with van der Waals surface area (Å²) in [4.78, 5) is 0. The van der Waals surface area contributed by atoms with Crippen LogP contribution < -0.4 is 5.43 Å². The summed E-state index contributed by atoms with van der Waals surface area (Å²) in [5.41, 5.74) is 5.54. The quantitative estimate of drug-likeness (QED) is 0.595. The monoisotopic (exact) mass is 312 g/mol. The fraction of sp³-hybridized carbons (Fsp3) is 0.0714. The molecule has 0 aromatic heterocycles. The van der Waals surface area contributed by atoms with Crippen LogP contribution in [0.25, 0.3) is 0 Å². The Morgan fingerprint density at radius 2 is 1.58 bits per heavy atom. The maximum absolute atomic E-state index is 6.03. The van der Waals surface area contributed by atoms with Crippen LogP contribution in [0.2, 0.25) is 15.1 Å². The van der Waals surface area contributed by atoms with Crippen molar-refractivity contribution in [1.82, 2.24) is 0 Å². The van der Waals surface area contributed by atoms with Crippen LogP contribution in [0.15, 0.2) is 41.5 Å². The molecule has 0 bridgehead atoms. The number of rotatable bonds is 3. The lowest BCUT2D eigenvalue weighted by molar-refractivity contribution is 1.35. The molecule has 0 heterocycles. The van der Waals surface area contributed by atoms with Gasteiger partial charge in [-0.15, -0.1) is 0 Å². The zero-order valence-electron chi connectivity index (χ0n) is 10.1. The number of hydrogen-bond donors (Lipinski definition) is 1. The standard InChI is InChI=1S/C14H11Cl3N2/c1-9-2-4-10(5-3-9)8-18-19-14-12(16)6-11(15)7-13(14)17/h2-8,19H,1H3/b18-8-. The van der Waals surface area contributed by atoms with Gasteiger partial charge < -0.3 is 0 Å². The van der Waals surface area contributed by atoms with Gasteiger partial charge in [0.1, 0.15) is 0 Å². The van der Waals surface area contributed by atoms with Gasteiger partial charge >= 0.3 is 0 Å². The summed E-state index contributed by atoms with van der Waals surface area (Å²) >= 11 is 17.9. The van der Waals surface area contributed by atoms with Gasteiger partial charge in [-0.1, -0.05) is 64.6 Å². The molecular weight excluding hydrogens is 303 g/mol. The molecular formula is C14H11Cl3N2. The van der Waals surface area contributed by atoms with Crippen LogP contribution in [0, 0.1) is 6.92 Å². The van der Waals surface area contributed by atoms with Crippen molar-refractivity contribution >= 4 is 46.7 Å². The van der Waals surface area contributed by atoms with E-state index in [1.165, 1.54) is 5.56 Å². The third-order valence-electron chi connectivity index (χ3n) is 2.47. The first kappa shape index (κ1) is 14.2. The molecule has 2 aromatic rings. The molecule has 0 unspecified atom stereocenters. The maximum Gasteiger partial charge on any atom is 0.0935 e. The number of hydrazone groups is 1. The van der Waals surface area contributed by atoms with Crippen molar-refractivity contribution < 1.29 is 0 Å². The van der Waals surface area contributed by atoms with E-state index in [-0.39, 0.29) is 0 Å². The molecule has 0 saturated heterocycles. The van der Waals surface area contributed by atoms with Crippen LogP contribution >= 0.6 is 34.8 Å². The molecule has 0 aliphatic rings. The number of nitrogens with zero attached hydrogens (tertiary/aromatic N) is 1. The van der Waals surface area contributed by atoms with E-state index in [0.29, 0.717) is 20.8 Å². The molecule has 1 N–H and O–H groups in total. The SMILES string of the molecule is Cc1ccc(/C=N\Nc2c(Cl)cc(Cl)cc2Cl)cc1. The summed E-state index contributed by atoms with van der Waals surface area (Å²) in [6.07, 6.45) is 1.70. The molecule has 2 nitrogen and oxygen atoms in total. The zero-order chi connectivity index (χ0) is 13.8. The van der Waals surface area contributed by atoms with Gasteiger partial charge in [-0.25, -0.2) is 0 Å². The Morgan fingerprint density at radius 3 is 2.16 bits per heavy atom. The van der Waals surface area contributed by atoms with E-state index in [1.54, 1.807) is 18.3 Å². The lowest BCUT2D eigenvalue weighted by Crippen LogP contribution is -1.92. The van der Waals surface area contributed by atoms with Gasteiger partial charge in [0.25, 0.3) is 0 Å². The Balaban J connectivity index is 2.12. The van der Waals surface area contributed by atoms with Crippen LogP contribution in [0.1, 0.15) is 11.1 Å². The molecule has 0 radical (unpaired) electrons. The van der Waals surface area contributed by atoms with Gasteiger partial charge in [0.2, 0.25) is 0 Å². The number of anilines is 1. The Morgan fingerprint density at radius 1 is 1.00 bits per heavy atom. The van der Waals surface area contributed by atoms with E-state index in [9.17, 15) is 0 Å². The molecule has 19 heavy (non-hydrogen) atoms. The topological polar surface area (TPSA) is 24.4 Å². The van der Waals surface area contributed by atoms with Crippen LogP contribution in [-0.2, 0) is 0 Å². The largest absolute Gasteiger partial charge is 0.275 e. The number of hydrogen-bond acceptors (Lipinski definition) is 2. The van der Waals surface area contributed by atoms with Gasteiger partial charge in [-0.2, -0.15) is 5.10 Å². The number of aryl methyl sites for hydroxylation is 1. The summed E-state index contributed by atoms with van der Waals surface area (Å²) in [7, 11) is 0. The molecule has 0 aliphatic carbocycles. The highest BCUT2D eigenvalue weighted by Gasteiger charge is 2.06. The van der Waals surface area contributed by atoms with E-state index in [2.05, 4.69) is 10.5 Å². The first-order valence-electron chi connectivity index (χ1n) is 5.56. The normalized spacial score (nSPS) is 10.9. The summed E-state index contributed by atoms with van der Waals surface area (Å²) in [6, 6.07) is 11.2. The first-order chi connectivity index (χ1) is 9.06. The van der Waals surface area contributed by atoms with Crippen LogP contribution in [-0.4, -0.2) is 6.21 Å². The summed E-state index contributed by atoms with van der Waals surface area (Å²) in [5, 5.41) is 5.45. The van der Waals surface area contributed by atoms with E-state index < -0.39 is 0 Å². The highest BCUT2D eigenvalue weighted by Crippen LogP contribution is 2.33. The summed E-state index contributed by atoms with van der Waals surface area (Å²) in [6.45, 7) is 2.03. The van der Waals surface area contributed by atoms with Crippen LogP contribution in [0.5, 0.6) is 0 Å². The highest BCUT2D eigenvalue weighted by atomic mass is 35.5. The molecule has 0 aliphatic heterocycles. The highest BCUT2D eigenvalue weighted by molar-refractivity contribution is 6.41. The number of halogens is 3. The minimum absolute atomic E-state index is 0.429. The average Bonchev–Trinajstić information content (AvgIpc) is 2.34. The van der Waals surface area contributed by atoms with Gasteiger partial charge in [-0.05, 0) is 24.6 Å². The molecule has 0 amide bonds. The Labute approximate surface area is 127 Å². The van der Waals surface area contributed by atoms with Crippen molar-refractivity contribution in [3.63, 3.8) is 0 Å². The van der Waals surface area contributed by atoms with Crippen LogP contribution in [0.4, 0.5) is 5.69 Å². The number of benzene rings is 2. The Kier molecular flexibility index (Phi) is 4.70. The Hall–Kier alpha value is -1.22. The average molecular weight is 314 g/mol. The van der Waals surface area contributed by atoms with Crippen LogP contribution in [0.3, 0.4) is 0 Å². The van der Waals surface area contributed by atoms with E-state index in [4.69, 9.17) is 34.8 Å². The minimum Gasteiger partial charge on any atom is -0.275 e. The molecule has 2 rings (SSSR count). The first-order valence-corrected chi connectivity index (χ1v) is 6.70. The predicted octanol–water partition coefficient (Wildman–Crippen LogP) is 5.40. The van der Waals surface area contributed by atoms with Crippen molar-refractivity contribution in [3.05, 3.63) is 62.6 Å². The summed E-state index contributed by atoms with van der Waals surface area (Å²) < 4.78 is 0. The molecule has 0 fully saturated rings. The Bertz CT molecular complexity index is 584. The molecule has 5 heteroatoms. The van der Waals surface area contributed by atoms with Crippen molar-refractivity contribution in [2.45, 2.75) is 6.92 Å². The second kappa shape index (κ2) is 6.29. The predicted molar refractivity (Wildman–Crippen MR) is 83.9 cm³/mol. The molecule has 98 valence electrons. The van der Waals surface area contributed by atoms with E-state index in [0.717, 1.165) is 5.56 Å². The lowest BCUT2D eigenvalue weighted by Gasteiger charge is -2.06. The maximum atomic E-state index is 6.03. The second-order valence-corrected chi connectivity index (χ2v) is 5.28. The minimum atomic E-state index is 0.429. The lowest BCUT2D eigenvalue weighted by atomic mass is 10.2. The van der Waals surface area contributed by atoms with Crippen molar-refractivity contribution in [2.24, 2.45) is 5.10 Å². The fourth-order valence-corrected chi connectivity index (χ4v) is 2.37. The molecule has 2 aromatic carbocycles. The van der Waals surface area contributed by atoms with Gasteiger partial charge in [0.15, 0.2) is 0 Å². The van der Waals surface area contributed by atoms with Gasteiger partial charge in [0, 0.05) is 5.02 Å². The number of nitrogens with one attached hydrogen (secondary N) is 1. The third-order valence-corrected chi connectivity index (χ3v) is 3.29. The third kappa shape index (κ3) is 3.87. The fourth-order valence-electron chi connectivity index (χ4n) is 1.47. The van der Waals surface area contributed by atoms with E-state index in [1.807, 2.05) is 31.2 Å². The zero-order valence-corrected chi connectivity index (χ0v) is 12.4. The second-order valence-electron chi connectivity index (χ2n) is 4.03. The molecule has 0 saturated carbocycles. The summed E-state index contributed by atoms with van der Waals surface area (Å²) in [5.74, 6) is 0. The van der Waals surface area contributed by atoms with Gasteiger partial charge in [0.05, 0.1) is 21.9 Å². The molecule has 0 spiro atoms. The van der Waals surface area contributed by atoms with Crippen molar-refractivity contribution in [1.29, 1.82) is 0 Å². The molecule has 0 atom stereocenters. The van der Waals surface area contributed by atoms with Crippen molar-refractivity contribution in [3.8, 4) is 0 Å².